The van der Waals surface area contributed by atoms with Crippen molar-refractivity contribution in [3.8, 4) is 0 Å². The molecule has 2 heteroatoms. The van der Waals surface area contributed by atoms with Crippen molar-refractivity contribution in [2.24, 2.45) is 11.8 Å². The van der Waals surface area contributed by atoms with Crippen LogP contribution >= 0.6 is 0 Å². The molecule has 0 unspecified atom stereocenters. The molecule has 0 aliphatic heterocycles. The Kier molecular flexibility index (Phi) is 5.74. The van der Waals surface area contributed by atoms with Gasteiger partial charge >= 0.3 is 5.97 Å². The predicted octanol–water partition coefficient (Wildman–Crippen LogP) is 3.85. The van der Waals surface area contributed by atoms with Crippen LogP contribution in [0.3, 0.4) is 0 Å². The Morgan fingerprint density at radius 3 is 2.27 bits per heavy atom. The Hall–Kier alpha value is -0.530. The van der Waals surface area contributed by atoms with Crippen molar-refractivity contribution >= 4 is 5.97 Å². The molecule has 0 aromatic carbocycles. The molecule has 88 valence electrons. The van der Waals surface area contributed by atoms with E-state index < -0.39 is 5.97 Å². The number of hydrogen-bond acceptors (Lipinski definition) is 1. The first kappa shape index (κ1) is 12.5. The van der Waals surface area contributed by atoms with E-state index in [-0.39, 0.29) is 5.92 Å². The highest BCUT2D eigenvalue weighted by Crippen LogP contribution is 2.42. The molecule has 2 atom stereocenters. The van der Waals surface area contributed by atoms with Crippen molar-refractivity contribution in [2.75, 3.05) is 0 Å². The molecule has 0 heterocycles. The molecule has 2 nitrogen and oxygen atoms in total. The third kappa shape index (κ3) is 5.19. The molecule has 0 saturated heterocycles. The lowest BCUT2D eigenvalue weighted by molar-refractivity contribution is -0.138. The van der Waals surface area contributed by atoms with Gasteiger partial charge in [0.2, 0.25) is 0 Å². The average molecular weight is 212 g/mol. The summed E-state index contributed by atoms with van der Waals surface area (Å²) in [4.78, 5) is 10.6. The van der Waals surface area contributed by atoms with E-state index in [1.54, 1.807) is 0 Å². The standard InChI is InChI=1S/C13H24O2/c1-2-3-4-5-6-7-8-9-11-10-12(11)13(14)15/h11-12H,2-10H2,1H3,(H,14,15)/t11-,12-/m1/s1. The molecule has 1 saturated carbocycles. The maximum atomic E-state index is 10.6. The molecule has 1 rings (SSSR count). The maximum absolute atomic E-state index is 10.6. The minimum absolute atomic E-state index is 0.00471. The molecule has 0 spiro atoms. The van der Waals surface area contributed by atoms with E-state index in [2.05, 4.69) is 6.92 Å². The molecule has 0 bridgehead atoms. The summed E-state index contributed by atoms with van der Waals surface area (Å²) in [6.07, 6.45) is 11.4. The van der Waals surface area contributed by atoms with E-state index in [9.17, 15) is 4.79 Å². The zero-order valence-corrected chi connectivity index (χ0v) is 9.87. The topological polar surface area (TPSA) is 37.3 Å². The van der Waals surface area contributed by atoms with Crippen LogP contribution in [-0.2, 0) is 4.79 Å². The van der Waals surface area contributed by atoms with E-state index in [0.717, 1.165) is 12.8 Å². The van der Waals surface area contributed by atoms with E-state index in [0.29, 0.717) is 5.92 Å². The molecule has 0 amide bonds. The van der Waals surface area contributed by atoms with Gasteiger partial charge in [0.25, 0.3) is 0 Å². The second-order valence-electron chi connectivity index (χ2n) is 4.85. The van der Waals surface area contributed by atoms with Gasteiger partial charge in [-0.05, 0) is 18.8 Å². The van der Waals surface area contributed by atoms with Crippen molar-refractivity contribution in [3.63, 3.8) is 0 Å². The summed E-state index contributed by atoms with van der Waals surface area (Å²) >= 11 is 0. The predicted molar refractivity (Wildman–Crippen MR) is 61.8 cm³/mol. The monoisotopic (exact) mass is 212 g/mol. The van der Waals surface area contributed by atoms with Crippen LogP contribution in [-0.4, -0.2) is 11.1 Å². The Morgan fingerprint density at radius 2 is 1.73 bits per heavy atom. The van der Waals surface area contributed by atoms with Crippen LogP contribution in [0.2, 0.25) is 0 Å². The number of hydrogen-bond donors (Lipinski definition) is 1. The van der Waals surface area contributed by atoms with Gasteiger partial charge in [0.05, 0.1) is 5.92 Å². The van der Waals surface area contributed by atoms with E-state index in [4.69, 9.17) is 5.11 Å². The molecular formula is C13H24O2. The Morgan fingerprint density at radius 1 is 1.13 bits per heavy atom. The molecule has 1 aliphatic rings. The summed E-state index contributed by atoms with van der Waals surface area (Å²) < 4.78 is 0. The van der Waals surface area contributed by atoms with Crippen molar-refractivity contribution in [1.29, 1.82) is 0 Å². The summed E-state index contributed by atoms with van der Waals surface area (Å²) in [5.74, 6) is -0.0637. The number of carbonyl (C=O) groups is 1. The zero-order chi connectivity index (χ0) is 11.1. The third-order valence-corrected chi connectivity index (χ3v) is 3.42. The number of rotatable bonds is 9. The first-order valence-corrected chi connectivity index (χ1v) is 6.48. The van der Waals surface area contributed by atoms with Gasteiger partial charge in [0.1, 0.15) is 0 Å². The van der Waals surface area contributed by atoms with Crippen LogP contribution in [0.15, 0.2) is 0 Å². The quantitative estimate of drug-likeness (QED) is 0.589. The van der Waals surface area contributed by atoms with Crippen molar-refractivity contribution < 1.29 is 9.90 Å². The summed E-state index contributed by atoms with van der Waals surface area (Å²) in [6.45, 7) is 2.24. The fourth-order valence-electron chi connectivity index (χ4n) is 2.23. The summed E-state index contributed by atoms with van der Waals surface area (Å²) in [5, 5.41) is 8.72. The maximum Gasteiger partial charge on any atom is 0.306 e. The van der Waals surface area contributed by atoms with Gasteiger partial charge in [0.15, 0.2) is 0 Å². The molecule has 15 heavy (non-hydrogen) atoms. The van der Waals surface area contributed by atoms with Gasteiger partial charge in [-0.1, -0.05) is 51.9 Å². The number of aliphatic carboxylic acids is 1. The van der Waals surface area contributed by atoms with Crippen LogP contribution in [0.25, 0.3) is 0 Å². The van der Waals surface area contributed by atoms with Gasteiger partial charge < -0.3 is 5.11 Å². The highest BCUT2D eigenvalue weighted by molar-refractivity contribution is 5.73. The molecule has 0 aromatic rings. The molecule has 1 N–H and O–H groups in total. The SMILES string of the molecule is CCCCCCCCC[C@@H]1C[C@H]1C(=O)O. The number of unbranched alkanes of at least 4 members (excludes halogenated alkanes) is 6. The molecular weight excluding hydrogens is 188 g/mol. The second kappa shape index (κ2) is 6.86. The molecule has 1 fully saturated rings. The smallest absolute Gasteiger partial charge is 0.306 e. The van der Waals surface area contributed by atoms with Crippen molar-refractivity contribution in [2.45, 2.75) is 64.7 Å². The highest BCUT2D eigenvalue weighted by Gasteiger charge is 2.42. The minimum Gasteiger partial charge on any atom is -0.481 e. The number of carboxylic acids is 1. The van der Waals surface area contributed by atoms with Crippen molar-refractivity contribution in [1.82, 2.24) is 0 Å². The first-order chi connectivity index (χ1) is 7.25. The van der Waals surface area contributed by atoms with Crippen LogP contribution in [0.4, 0.5) is 0 Å². The zero-order valence-electron chi connectivity index (χ0n) is 9.87. The van der Waals surface area contributed by atoms with Gasteiger partial charge in [-0.3, -0.25) is 4.79 Å². The third-order valence-electron chi connectivity index (χ3n) is 3.42. The lowest BCUT2D eigenvalue weighted by atomic mass is 10.1. The molecule has 0 radical (unpaired) electrons. The lowest BCUT2D eigenvalue weighted by Crippen LogP contribution is -1.99. The average Bonchev–Trinajstić information content (AvgIpc) is 2.96. The lowest BCUT2D eigenvalue weighted by Gasteiger charge is -2.00. The van der Waals surface area contributed by atoms with Crippen molar-refractivity contribution in [3.05, 3.63) is 0 Å². The minimum atomic E-state index is -0.581. The van der Waals surface area contributed by atoms with Gasteiger partial charge in [0, 0.05) is 0 Å². The van der Waals surface area contributed by atoms with Gasteiger partial charge in [-0.15, -0.1) is 0 Å². The Balaban J connectivity index is 1.80. The first-order valence-electron chi connectivity index (χ1n) is 6.48. The molecule has 1 aliphatic carbocycles. The van der Waals surface area contributed by atoms with Crippen LogP contribution < -0.4 is 0 Å². The van der Waals surface area contributed by atoms with E-state index in [1.807, 2.05) is 0 Å². The van der Waals surface area contributed by atoms with Crippen LogP contribution in [0.5, 0.6) is 0 Å². The fourth-order valence-corrected chi connectivity index (χ4v) is 2.23. The Bertz CT molecular complexity index is 189. The second-order valence-corrected chi connectivity index (χ2v) is 4.85. The molecule has 0 aromatic heterocycles. The van der Waals surface area contributed by atoms with Gasteiger partial charge in [-0.25, -0.2) is 0 Å². The highest BCUT2D eigenvalue weighted by atomic mass is 16.4. The normalized spacial score (nSPS) is 24.1. The largest absolute Gasteiger partial charge is 0.481 e. The van der Waals surface area contributed by atoms with Gasteiger partial charge in [-0.2, -0.15) is 0 Å². The summed E-state index contributed by atoms with van der Waals surface area (Å²) in [6, 6.07) is 0. The number of carboxylic acid groups (broad SMARTS) is 1. The van der Waals surface area contributed by atoms with Crippen LogP contribution in [0.1, 0.15) is 64.7 Å². The Labute approximate surface area is 93.1 Å². The van der Waals surface area contributed by atoms with E-state index in [1.165, 1.54) is 44.9 Å². The van der Waals surface area contributed by atoms with Crippen LogP contribution in [0, 0.1) is 11.8 Å². The fraction of sp³-hybridized carbons (Fsp3) is 0.923. The summed E-state index contributed by atoms with van der Waals surface area (Å²) in [7, 11) is 0. The van der Waals surface area contributed by atoms with E-state index >= 15 is 0 Å². The summed E-state index contributed by atoms with van der Waals surface area (Å²) in [5.41, 5.74) is 0.